The van der Waals surface area contributed by atoms with Gasteiger partial charge in [-0.3, -0.25) is 0 Å². The molecule has 2 aliphatic rings. The van der Waals surface area contributed by atoms with Crippen molar-refractivity contribution in [2.75, 3.05) is 0 Å². The topological polar surface area (TPSA) is 0 Å². The Labute approximate surface area is 186 Å². The smallest absolute Gasteiger partial charge is 0.502 e. The molecule has 0 aromatic rings. The van der Waals surface area contributed by atoms with E-state index >= 15 is 0 Å². The van der Waals surface area contributed by atoms with Gasteiger partial charge in [0.1, 0.15) is 0 Å². The molecule has 0 heterocycles. The largest absolute Gasteiger partial charge is 1.50 e. The molecule has 11 radical (unpaired) electrons. The number of hydrogen-bond acceptors (Lipinski definition) is 0. The molecular formula is C20H30Br2HgSi+2. The van der Waals surface area contributed by atoms with Crippen molar-refractivity contribution in [2.24, 2.45) is 0 Å². The van der Waals surface area contributed by atoms with Crippen LogP contribution in [0.25, 0.3) is 0 Å². The predicted molar refractivity (Wildman–Crippen MR) is 113 cm³/mol. The Balaban J connectivity index is 0. The molecule has 2 rings (SSSR count). The molecule has 24 heavy (non-hydrogen) atoms. The van der Waals surface area contributed by atoms with Gasteiger partial charge < -0.3 is 0 Å². The third-order valence-electron chi connectivity index (χ3n) is 5.62. The quantitative estimate of drug-likeness (QED) is 0.190. The van der Waals surface area contributed by atoms with Crippen molar-refractivity contribution in [1.29, 1.82) is 0 Å². The average molecular weight is 659 g/mol. The first-order chi connectivity index (χ1) is 11.1. The van der Waals surface area contributed by atoms with E-state index in [9.17, 15) is 0 Å². The first-order valence-corrected chi connectivity index (χ1v) is 22.6. The van der Waals surface area contributed by atoms with Crippen LogP contribution in [-0.2, 0) is 23.7 Å². The summed E-state index contributed by atoms with van der Waals surface area (Å²) in [6, 6.07) is 0. The van der Waals surface area contributed by atoms with Crippen molar-refractivity contribution in [1.82, 2.24) is 0 Å². The van der Waals surface area contributed by atoms with Crippen LogP contribution in [0.4, 0.5) is 0 Å². The van der Waals surface area contributed by atoms with E-state index in [1.54, 1.807) is 0 Å². The number of hydrogen-bond donors (Lipinski definition) is 0. The van der Waals surface area contributed by atoms with Crippen LogP contribution in [-0.4, -0.2) is 8.86 Å². The van der Waals surface area contributed by atoms with E-state index in [4.69, 9.17) is 0 Å². The molecule has 4 heteroatoms. The Morgan fingerprint density at radius 2 is 0.417 bits per heavy atom. The van der Waals surface area contributed by atoms with E-state index in [-0.39, 0.29) is 0 Å². The fourth-order valence-corrected chi connectivity index (χ4v) is 2.81. The maximum absolute atomic E-state index is 3.13. The van der Waals surface area contributed by atoms with E-state index in [0.29, 0.717) is 0 Å². The van der Waals surface area contributed by atoms with Gasteiger partial charge >= 0.3 is 59.8 Å². The van der Waals surface area contributed by atoms with Gasteiger partial charge in [-0.25, -0.2) is 0 Å². The van der Waals surface area contributed by atoms with Crippen LogP contribution in [0.5, 0.6) is 0 Å². The Bertz CT molecular complexity index is 196. The van der Waals surface area contributed by atoms with Crippen molar-refractivity contribution in [2.45, 2.75) is 69.2 Å². The van der Waals surface area contributed by atoms with Crippen LogP contribution in [0.2, 0.25) is 0 Å². The van der Waals surface area contributed by atoms with Gasteiger partial charge in [-0.05, 0) is 59.2 Å². The molecule has 0 amide bonds. The van der Waals surface area contributed by atoms with Crippen LogP contribution in [0.3, 0.4) is 0 Å². The maximum atomic E-state index is 3.13. The Kier molecular flexibility index (Phi) is 16.7. The molecule has 0 aromatic heterocycles. The second kappa shape index (κ2) is 14.2. The molecule has 2 aliphatic carbocycles. The minimum absolute atomic E-state index is 0.840. The SMILES string of the molecule is C[C]1[C](C)[C](C)[C](C)[C]1C.C[C]1[C](C)[C](C)[C](C)[C]1C.[Br][Hg].[Si+2]Br. The van der Waals surface area contributed by atoms with Gasteiger partial charge in [-0.1, -0.05) is 69.2 Å². The number of halogens is 2. The first-order valence-electron chi connectivity index (χ1n) is 7.96. The second-order valence-corrected chi connectivity index (χ2v) is 6.25. The molecule has 0 aromatic carbocycles. The standard InChI is InChI=1S/2C10H15.BrSi.BrH.Hg/c2*1-6-7(2)9(4)10(5)8(6)3;1-2;;/h2*1-5H3;;1H;/q;;+2;;+1/p-1. The van der Waals surface area contributed by atoms with E-state index in [0.717, 1.165) is 23.7 Å². The Hall–Kier alpha value is 2.11. The summed E-state index contributed by atoms with van der Waals surface area (Å²) in [5.74, 6) is 14.7. The van der Waals surface area contributed by atoms with E-state index in [1.807, 2.05) is 0 Å². The third-order valence-corrected chi connectivity index (χ3v) is 5.62. The summed E-state index contributed by atoms with van der Waals surface area (Å²) in [7, 11) is 2.78. The van der Waals surface area contributed by atoms with Crippen molar-refractivity contribution in [3.05, 3.63) is 59.2 Å². The molecule has 0 spiro atoms. The summed E-state index contributed by atoms with van der Waals surface area (Å²) >= 11 is 6.72. The van der Waals surface area contributed by atoms with Gasteiger partial charge in [-0.15, -0.1) is 0 Å². The third kappa shape index (κ3) is 7.26. The van der Waals surface area contributed by atoms with Crippen LogP contribution >= 0.6 is 27.2 Å². The predicted octanol–water partition coefficient (Wildman–Crippen LogP) is 7.25. The number of rotatable bonds is 0. The molecule has 0 bridgehead atoms. The summed E-state index contributed by atoms with van der Waals surface area (Å²) in [6.07, 6.45) is 0. The average Bonchev–Trinajstić information content (AvgIpc) is 2.89. The molecule has 2 fully saturated rings. The first kappa shape index (κ1) is 28.3. The van der Waals surface area contributed by atoms with Crippen LogP contribution in [0, 0.1) is 59.2 Å². The van der Waals surface area contributed by atoms with Crippen LogP contribution in [0.1, 0.15) is 69.2 Å². The van der Waals surface area contributed by atoms with Gasteiger partial charge in [0.2, 0.25) is 0 Å². The molecule has 0 aliphatic heterocycles. The van der Waals surface area contributed by atoms with Crippen molar-refractivity contribution >= 4 is 36.1 Å². The minimum Gasteiger partial charge on any atom is 0.502 e. The summed E-state index contributed by atoms with van der Waals surface area (Å²) in [5.41, 5.74) is 0. The zero-order valence-corrected chi connectivity index (χ0v) is 26.6. The van der Waals surface area contributed by atoms with Crippen molar-refractivity contribution in [3.63, 3.8) is 0 Å². The Morgan fingerprint density at radius 1 is 0.375 bits per heavy atom. The van der Waals surface area contributed by atoms with Gasteiger partial charge in [-0.2, -0.15) is 0 Å². The molecular weight excluding hydrogens is 629 g/mol. The zero-order valence-electron chi connectivity index (χ0n) is 17.0. The van der Waals surface area contributed by atoms with Gasteiger partial charge in [0.25, 0.3) is 0 Å². The van der Waals surface area contributed by atoms with E-state index in [2.05, 4.69) is 105 Å². The van der Waals surface area contributed by atoms with Crippen molar-refractivity contribution < 1.29 is 23.7 Å². The van der Waals surface area contributed by atoms with E-state index in [1.165, 1.54) is 59.2 Å². The molecule has 0 saturated heterocycles. The molecule has 0 nitrogen and oxygen atoms in total. The molecule has 2 saturated carbocycles. The fraction of sp³-hybridized carbons (Fsp3) is 0.500. The van der Waals surface area contributed by atoms with Crippen LogP contribution in [0.15, 0.2) is 0 Å². The van der Waals surface area contributed by atoms with Gasteiger partial charge in [0.05, 0.1) is 0 Å². The molecule has 0 atom stereocenters. The fourth-order valence-electron chi connectivity index (χ4n) is 2.81. The monoisotopic (exact) mass is 658 g/mol. The minimum atomic E-state index is 0.840. The molecule has 0 N–H and O–H groups in total. The van der Waals surface area contributed by atoms with Crippen LogP contribution < -0.4 is 0 Å². The summed E-state index contributed by atoms with van der Waals surface area (Å²) in [5, 5.41) is 0. The normalized spacial score (nSPS) is 24.2. The molecule has 128 valence electrons. The van der Waals surface area contributed by atoms with Gasteiger partial charge in [0, 0.05) is 0 Å². The Morgan fingerprint density at radius 3 is 0.458 bits per heavy atom. The van der Waals surface area contributed by atoms with Crippen molar-refractivity contribution in [3.8, 4) is 0 Å². The zero-order chi connectivity index (χ0) is 19.8. The molecule has 0 unspecified atom stereocenters. The van der Waals surface area contributed by atoms with E-state index < -0.39 is 0 Å². The van der Waals surface area contributed by atoms with Gasteiger partial charge in [0.15, 0.2) is 0 Å². The summed E-state index contributed by atoms with van der Waals surface area (Å²) in [4.78, 5) is 0. The maximum Gasteiger partial charge on any atom is 1.50 e. The summed E-state index contributed by atoms with van der Waals surface area (Å²) in [6.45, 7) is 22.0. The summed E-state index contributed by atoms with van der Waals surface area (Å²) < 4.78 is 0. The second-order valence-electron chi connectivity index (χ2n) is 6.25.